The van der Waals surface area contributed by atoms with E-state index >= 15 is 0 Å². The lowest BCUT2D eigenvalue weighted by Crippen LogP contribution is -2.51. The third-order valence-electron chi connectivity index (χ3n) is 5.38. The monoisotopic (exact) mass is 405 g/mol. The second kappa shape index (κ2) is 9.07. The largest absolute Gasteiger partial charge is 0.379 e. The highest BCUT2D eigenvalue weighted by atomic mass is 35.5. The number of carbonyl (C=O) groups excluding carboxylic acids is 1. The van der Waals surface area contributed by atoms with Gasteiger partial charge in [-0.1, -0.05) is 25.4 Å². The molecule has 1 aliphatic rings. The van der Waals surface area contributed by atoms with E-state index in [1.807, 2.05) is 17.6 Å². The molecule has 1 aromatic heterocycles. The van der Waals surface area contributed by atoms with Gasteiger partial charge in [0.25, 0.3) is 5.91 Å². The number of aryl methyl sites for hydroxylation is 1. The lowest BCUT2D eigenvalue weighted by atomic mass is 10.0. The van der Waals surface area contributed by atoms with Gasteiger partial charge in [-0.05, 0) is 31.0 Å². The first-order chi connectivity index (χ1) is 13.4. The molecular weight excluding hydrogens is 378 g/mol. The summed E-state index contributed by atoms with van der Waals surface area (Å²) < 4.78 is 7.34. The van der Waals surface area contributed by atoms with Crippen LogP contribution in [0.25, 0.3) is 10.9 Å². The number of hydrogen-bond donors (Lipinski definition) is 1. The summed E-state index contributed by atoms with van der Waals surface area (Å²) in [5.74, 6) is 0.0362. The number of amides is 1. The summed E-state index contributed by atoms with van der Waals surface area (Å²) in [6.07, 6.45) is 1.65. The van der Waals surface area contributed by atoms with Gasteiger partial charge >= 0.3 is 0 Å². The van der Waals surface area contributed by atoms with Gasteiger partial charge < -0.3 is 14.6 Å². The standard InChI is InChI=1S/C21H28ClN3O3/c1-4-24-13-17(20(26)16-11-15(22)5-6-18(16)24)21(27)23-12-19(14(2)3)25-7-9-28-10-8-25/h5-6,11,13-14,19H,4,7-10,12H2,1-3H3,(H,23,27)/t19-/m0/s1. The van der Waals surface area contributed by atoms with E-state index in [0.717, 1.165) is 18.6 Å². The molecule has 2 aromatic rings. The van der Waals surface area contributed by atoms with Crippen LogP contribution >= 0.6 is 11.6 Å². The Balaban J connectivity index is 1.84. The summed E-state index contributed by atoms with van der Waals surface area (Å²) in [6.45, 7) is 10.6. The molecule has 0 unspecified atom stereocenters. The minimum Gasteiger partial charge on any atom is -0.379 e. The van der Waals surface area contributed by atoms with E-state index in [0.29, 0.717) is 42.6 Å². The average molecular weight is 406 g/mol. The van der Waals surface area contributed by atoms with E-state index in [1.165, 1.54) is 0 Å². The van der Waals surface area contributed by atoms with Gasteiger partial charge in [0.1, 0.15) is 5.56 Å². The molecular formula is C21H28ClN3O3. The first kappa shape index (κ1) is 20.8. The lowest BCUT2D eigenvalue weighted by molar-refractivity contribution is 0.00672. The van der Waals surface area contributed by atoms with Crippen LogP contribution in [0.4, 0.5) is 0 Å². The molecule has 2 heterocycles. The van der Waals surface area contributed by atoms with E-state index in [2.05, 4.69) is 24.1 Å². The van der Waals surface area contributed by atoms with Crippen molar-refractivity contribution in [3.8, 4) is 0 Å². The molecule has 152 valence electrons. The Bertz CT molecular complexity index is 904. The Morgan fingerprint density at radius 1 is 1.29 bits per heavy atom. The first-order valence-corrected chi connectivity index (χ1v) is 10.2. The number of pyridine rings is 1. The minimum atomic E-state index is -0.340. The van der Waals surface area contributed by atoms with Crippen molar-refractivity contribution in [2.45, 2.75) is 33.4 Å². The molecule has 1 aliphatic heterocycles. The molecule has 1 N–H and O–H groups in total. The van der Waals surface area contributed by atoms with E-state index in [9.17, 15) is 9.59 Å². The number of nitrogens with zero attached hydrogens (tertiary/aromatic N) is 2. The zero-order valence-corrected chi connectivity index (χ0v) is 17.5. The number of hydrogen-bond acceptors (Lipinski definition) is 4. The summed E-state index contributed by atoms with van der Waals surface area (Å²) >= 11 is 6.08. The van der Waals surface area contributed by atoms with Crippen LogP contribution in [-0.2, 0) is 11.3 Å². The van der Waals surface area contributed by atoms with Gasteiger partial charge in [0.15, 0.2) is 0 Å². The maximum absolute atomic E-state index is 12.9. The van der Waals surface area contributed by atoms with Crippen LogP contribution < -0.4 is 10.7 Å². The molecule has 0 saturated carbocycles. The summed E-state index contributed by atoms with van der Waals surface area (Å²) in [4.78, 5) is 28.1. The Kier molecular flexibility index (Phi) is 6.75. The highest BCUT2D eigenvalue weighted by Crippen LogP contribution is 2.18. The molecule has 0 aliphatic carbocycles. The van der Waals surface area contributed by atoms with Crippen molar-refractivity contribution in [1.29, 1.82) is 0 Å². The number of ether oxygens (including phenoxy) is 1. The Labute approximate surface area is 170 Å². The van der Waals surface area contributed by atoms with Gasteiger partial charge in [0, 0.05) is 48.8 Å². The van der Waals surface area contributed by atoms with Gasteiger partial charge in [-0.25, -0.2) is 0 Å². The van der Waals surface area contributed by atoms with Crippen LogP contribution in [-0.4, -0.2) is 54.3 Å². The van der Waals surface area contributed by atoms with Crippen molar-refractivity contribution in [2.75, 3.05) is 32.8 Å². The number of benzene rings is 1. The molecule has 0 spiro atoms. The predicted octanol–water partition coefficient (Wildman–Crippen LogP) is 2.76. The maximum Gasteiger partial charge on any atom is 0.256 e. The summed E-state index contributed by atoms with van der Waals surface area (Å²) in [7, 11) is 0. The van der Waals surface area contributed by atoms with Crippen LogP contribution in [0.3, 0.4) is 0 Å². The van der Waals surface area contributed by atoms with Gasteiger partial charge in [-0.3, -0.25) is 14.5 Å². The average Bonchev–Trinajstić information content (AvgIpc) is 2.69. The number of rotatable bonds is 6. The SMILES string of the molecule is CCn1cc(C(=O)NC[C@@H](C(C)C)N2CCOCC2)c(=O)c2cc(Cl)ccc21. The van der Waals surface area contributed by atoms with E-state index < -0.39 is 0 Å². The Morgan fingerprint density at radius 2 is 2.00 bits per heavy atom. The molecule has 0 bridgehead atoms. The van der Waals surface area contributed by atoms with Crippen LogP contribution in [0.5, 0.6) is 0 Å². The van der Waals surface area contributed by atoms with Crippen molar-refractivity contribution < 1.29 is 9.53 Å². The normalized spacial score (nSPS) is 16.5. The number of fused-ring (bicyclic) bond motifs is 1. The summed E-state index contributed by atoms with van der Waals surface area (Å²) in [6, 6.07) is 5.41. The lowest BCUT2D eigenvalue weighted by Gasteiger charge is -2.36. The molecule has 1 fully saturated rings. The number of nitrogens with one attached hydrogen (secondary N) is 1. The Morgan fingerprint density at radius 3 is 2.64 bits per heavy atom. The molecule has 0 radical (unpaired) electrons. The van der Waals surface area contributed by atoms with E-state index in [1.54, 1.807) is 18.3 Å². The quantitative estimate of drug-likeness (QED) is 0.802. The zero-order valence-electron chi connectivity index (χ0n) is 16.7. The van der Waals surface area contributed by atoms with Crippen LogP contribution in [0, 0.1) is 5.92 Å². The molecule has 1 saturated heterocycles. The van der Waals surface area contributed by atoms with Crippen molar-refractivity contribution in [3.05, 3.63) is 45.2 Å². The molecule has 3 rings (SSSR count). The van der Waals surface area contributed by atoms with Gasteiger partial charge in [-0.2, -0.15) is 0 Å². The van der Waals surface area contributed by atoms with Gasteiger partial charge in [0.2, 0.25) is 5.43 Å². The smallest absolute Gasteiger partial charge is 0.256 e. The summed E-state index contributed by atoms with van der Waals surface area (Å²) in [5.41, 5.74) is 0.648. The second-order valence-electron chi connectivity index (χ2n) is 7.49. The highest BCUT2D eigenvalue weighted by Gasteiger charge is 2.25. The molecule has 1 atom stereocenters. The third-order valence-corrected chi connectivity index (χ3v) is 5.62. The van der Waals surface area contributed by atoms with Crippen molar-refractivity contribution in [3.63, 3.8) is 0 Å². The molecule has 1 aromatic carbocycles. The van der Waals surface area contributed by atoms with Gasteiger partial charge in [-0.15, -0.1) is 0 Å². The molecule has 1 amide bonds. The predicted molar refractivity (Wildman–Crippen MR) is 112 cm³/mol. The molecule has 7 heteroatoms. The fourth-order valence-corrected chi connectivity index (χ4v) is 3.95. The minimum absolute atomic E-state index is 0.154. The Hall–Kier alpha value is -1.89. The number of aromatic nitrogens is 1. The van der Waals surface area contributed by atoms with E-state index in [4.69, 9.17) is 16.3 Å². The number of morpholine rings is 1. The fraction of sp³-hybridized carbons (Fsp3) is 0.524. The van der Waals surface area contributed by atoms with Crippen molar-refractivity contribution in [2.24, 2.45) is 5.92 Å². The van der Waals surface area contributed by atoms with Crippen molar-refractivity contribution in [1.82, 2.24) is 14.8 Å². The molecule has 6 nitrogen and oxygen atoms in total. The second-order valence-corrected chi connectivity index (χ2v) is 7.93. The zero-order chi connectivity index (χ0) is 20.3. The van der Waals surface area contributed by atoms with Crippen LogP contribution in [0.15, 0.2) is 29.2 Å². The molecule has 28 heavy (non-hydrogen) atoms. The first-order valence-electron chi connectivity index (χ1n) is 9.85. The highest BCUT2D eigenvalue weighted by molar-refractivity contribution is 6.31. The third kappa shape index (κ3) is 4.40. The van der Waals surface area contributed by atoms with Crippen LogP contribution in [0.2, 0.25) is 5.02 Å². The topological polar surface area (TPSA) is 63.6 Å². The number of halogens is 1. The fourth-order valence-electron chi connectivity index (χ4n) is 3.78. The maximum atomic E-state index is 12.9. The number of carbonyl (C=O) groups is 1. The van der Waals surface area contributed by atoms with Gasteiger partial charge in [0.05, 0.1) is 18.7 Å². The van der Waals surface area contributed by atoms with Crippen molar-refractivity contribution >= 4 is 28.4 Å². The summed E-state index contributed by atoms with van der Waals surface area (Å²) in [5, 5.41) is 3.93. The van der Waals surface area contributed by atoms with E-state index in [-0.39, 0.29) is 22.9 Å². The van der Waals surface area contributed by atoms with Crippen LogP contribution in [0.1, 0.15) is 31.1 Å².